The second kappa shape index (κ2) is 7.52. The highest BCUT2D eigenvalue weighted by Gasteiger charge is 2.17. The number of hydrazine groups is 1. The van der Waals surface area contributed by atoms with Crippen molar-refractivity contribution in [2.75, 3.05) is 0 Å². The van der Waals surface area contributed by atoms with Gasteiger partial charge in [0.1, 0.15) is 0 Å². The normalized spacial score (nSPS) is 13.1. The van der Waals surface area contributed by atoms with Crippen molar-refractivity contribution in [1.82, 2.24) is 5.43 Å². The van der Waals surface area contributed by atoms with Crippen LogP contribution in [0.15, 0.2) is 27.1 Å². The van der Waals surface area contributed by atoms with Gasteiger partial charge in [0.05, 0.1) is 0 Å². The molecule has 0 aliphatic heterocycles. The fourth-order valence-electron chi connectivity index (χ4n) is 2.02. The highest BCUT2D eigenvalue weighted by Crippen LogP contribution is 2.31. The van der Waals surface area contributed by atoms with E-state index in [0.29, 0.717) is 5.92 Å². The number of hydrogen-bond acceptors (Lipinski definition) is 2. The van der Waals surface area contributed by atoms with Crippen LogP contribution in [-0.4, -0.2) is 0 Å². The predicted molar refractivity (Wildman–Crippen MR) is 80.6 cm³/mol. The zero-order valence-electron chi connectivity index (χ0n) is 10.3. The zero-order valence-corrected chi connectivity index (χ0v) is 13.5. The first-order valence-electron chi connectivity index (χ1n) is 6.03. The molecule has 0 saturated heterocycles. The Morgan fingerprint density at radius 3 is 2.41 bits per heavy atom. The molecule has 0 aliphatic rings. The van der Waals surface area contributed by atoms with Crippen LogP contribution in [0.3, 0.4) is 0 Å². The largest absolute Gasteiger partial charge is 0.271 e. The topological polar surface area (TPSA) is 38.0 Å². The summed E-state index contributed by atoms with van der Waals surface area (Å²) >= 11 is 7.09. The van der Waals surface area contributed by atoms with E-state index in [4.69, 9.17) is 5.84 Å². The molecule has 3 N–H and O–H groups in total. The van der Waals surface area contributed by atoms with E-state index in [2.05, 4.69) is 63.3 Å². The van der Waals surface area contributed by atoms with Crippen molar-refractivity contribution in [2.24, 2.45) is 11.8 Å². The molecule has 0 aromatic heterocycles. The molecule has 17 heavy (non-hydrogen) atoms. The molecular weight excluding hydrogens is 344 g/mol. The number of halogens is 2. The standard InChI is InChI=1S/C13H20Br2N2/c1-3-9(4-2)7-13(17-16)11-8-10(14)5-6-12(11)15/h5-6,8-9,13,17H,3-4,7,16H2,1-2H3. The summed E-state index contributed by atoms with van der Waals surface area (Å²) in [4.78, 5) is 0. The molecule has 0 saturated carbocycles. The molecule has 0 spiro atoms. The highest BCUT2D eigenvalue weighted by molar-refractivity contribution is 9.11. The monoisotopic (exact) mass is 362 g/mol. The maximum Gasteiger partial charge on any atom is 0.0474 e. The molecule has 1 unspecified atom stereocenters. The Kier molecular flexibility index (Phi) is 6.70. The Bertz CT molecular complexity index is 351. The van der Waals surface area contributed by atoms with Crippen LogP contribution in [-0.2, 0) is 0 Å². The van der Waals surface area contributed by atoms with Crippen LogP contribution in [0, 0.1) is 5.92 Å². The third-order valence-corrected chi connectivity index (χ3v) is 4.47. The summed E-state index contributed by atoms with van der Waals surface area (Å²) in [6, 6.07) is 6.40. The van der Waals surface area contributed by atoms with Crippen molar-refractivity contribution < 1.29 is 0 Å². The van der Waals surface area contributed by atoms with E-state index in [0.717, 1.165) is 15.4 Å². The fourth-order valence-corrected chi connectivity index (χ4v) is 2.92. The van der Waals surface area contributed by atoms with Crippen LogP contribution >= 0.6 is 31.9 Å². The number of hydrogen-bond donors (Lipinski definition) is 2. The van der Waals surface area contributed by atoms with Gasteiger partial charge in [-0.05, 0) is 36.1 Å². The summed E-state index contributed by atoms with van der Waals surface area (Å²) in [6.45, 7) is 4.47. The summed E-state index contributed by atoms with van der Waals surface area (Å²) in [5.74, 6) is 6.41. The minimum atomic E-state index is 0.201. The van der Waals surface area contributed by atoms with Gasteiger partial charge in [-0.1, -0.05) is 58.5 Å². The maximum absolute atomic E-state index is 5.70. The second-order valence-corrected chi connectivity index (χ2v) is 6.07. The minimum absolute atomic E-state index is 0.201. The Hall–Kier alpha value is 0.1000. The lowest BCUT2D eigenvalue weighted by Gasteiger charge is -2.22. The molecule has 0 bridgehead atoms. The van der Waals surface area contributed by atoms with E-state index < -0.39 is 0 Å². The van der Waals surface area contributed by atoms with Crippen LogP contribution in [0.2, 0.25) is 0 Å². The van der Waals surface area contributed by atoms with Crippen molar-refractivity contribution in [1.29, 1.82) is 0 Å². The van der Waals surface area contributed by atoms with Crippen molar-refractivity contribution >= 4 is 31.9 Å². The second-order valence-electron chi connectivity index (χ2n) is 4.30. The molecule has 4 heteroatoms. The molecule has 0 fully saturated rings. The number of nitrogens with one attached hydrogen (secondary N) is 1. The van der Waals surface area contributed by atoms with Crippen molar-refractivity contribution in [3.05, 3.63) is 32.7 Å². The van der Waals surface area contributed by atoms with Gasteiger partial charge in [-0.15, -0.1) is 0 Å². The van der Waals surface area contributed by atoms with E-state index in [1.54, 1.807) is 0 Å². The van der Waals surface area contributed by atoms with E-state index in [9.17, 15) is 0 Å². The van der Waals surface area contributed by atoms with Crippen molar-refractivity contribution in [3.8, 4) is 0 Å². The first kappa shape index (κ1) is 15.2. The van der Waals surface area contributed by atoms with E-state index >= 15 is 0 Å². The Balaban J connectivity index is 2.89. The Labute approximate surface area is 121 Å². The predicted octanol–water partition coefficient (Wildman–Crippen LogP) is 4.54. The molecule has 0 aliphatic carbocycles. The molecular formula is C13H20Br2N2. The van der Waals surface area contributed by atoms with E-state index in [-0.39, 0.29) is 6.04 Å². The quantitative estimate of drug-likeness (QED) is 0.575. The molecule has 1 aromatic carbocycles. The Morgan fingerprint density at radius 2 is 1.88 bits per heavy atom. The summed E-state index contributed by atoms with van der Waals surface area (Å²) < 4.78 is 2.19. The van der Waals surface area contributed by atoms with Crippen LogP contribution in [0.1, 0.15) is 44.7 Å². The number of benzene rings is 1. The third-order valence-electron chi connectivity index (χ3n) is 3.26. The molecule has 2 nitrogen and oxygen atoms in total. The average molecular weight is 364 g/mol. The maximum atomic E-state index is 5.70. The van der Waals surface area contributed by atoms with Gasteiger partial charge >= 0.3 is 0 Å². The van der Waals surface area contributed by atoms with E-state index in [1.807, 2.05) is 6.07 Å². The van der Waals surface area contributed by atoms with Crippen LogP contribution in [0.5, 0.6) is 0 Å². The minimum Gasteiger partial charge on any atom is -0.271 e. The van der Waals surface area contributed by atoms with Gasteiger partial charge in [-0.3, -0.25) is 11.3 Å². The lowest BCUT2D eigenvalue weighted by molar-refractivity contribution is 0.374. The SMILES string of the molecule is CCC(CC)CC(NN)c1cc(Br)ccc1Br. The van der Waals surface area contributed by atoms with Gasteiger partial charge in [-0.25, -0.2) is 0 Å². The van der Waals surface area contributed by atoms with Crippen molar-refractivity contribution in [2.45, 2.75) is 39.2 Å². The molecule has 0 amide bonds. The van der Waals surface area contributed by atoms with Crippen LogP contribution in [0.4, 0.5) is 0 Å². The highest BCUT2D eigenvalue weighted by atomic mass is 79.9. The van der Waals surface area contributed by atoms with Gasteiger partial charge in [0, 0.05) is 15.0 Å². The lowest BCUT2D eigenvalue weighted by Crippen LogP contribution is -2.30. The first-order chi connectivity index (χ1) is 8.12. The first-order valence-corrected chi connectivity index (χ1v) is 7.62. The van der Waals surface area contributed by atoms with Gasteiger partial charge in [0.15, 0.2) is 0 Å². The Morgan fingerprint density at radius 1 is 1.24 bits per heavy atom. The zero-order chi connectivity index (χ0) is 12.8. The fraction of sp³-hybridized carbons (Fsp3) is 0.538. The lowest BCUT2D eigenvalue weighted by atomic mass is 9.91. The van der Waals surface area contributed by atoms with Crippen molar-refractivity contribution in [3.63, 3.8) is 0 Å². The molecule has 1 rings (SSSR count). The van der Waals surface area contributed by atoms with E-state index in [1.165, 1.54) is 18.4 Å². The van der Waals surface area contributed by atoms with Gasteiger partial charge < -0.3 is 0 Å². The summed E-state index contributed by atoms with van der Waals surface area (Å²) in [7, 11) is 0. The summed E-state index contributed by atoms with van der Waals surface area (Å²) in [5, 5.41) is 0. The summed E-state index contributed by atoms with van der Waals surface area (Å²) in [6.07, 6.45) is 3.46. The summed E-state index contributed by atoms with van der Waals surface area (Å²) in [5.41, 5.74) is 4.15. The molecule has 1 atom stereocenters. The van der Waals surface area contributed by atoms with Crippen LogP contribution < -0.4 is 11.3 Å². The molecule has 0 radical (unpaired) electrons. The molecule has 1 aromatic rings. The molecule has 0 heterocycles. The van der Waals surface area contributed by atoms with Gasteiger partial charge in [0.25, 0.3) is 0 Å². The average Bonchev–Trinajstić information content (AvgIpc) is 2.34. The van der Waals surface area contributed by atoms with Gasteiger partial charge in [-0.2, -0.15) is 0 Å². The van der Waals surface area contributed by atoms with Crippen LogP contribution in [0.25, 0.3) is 0 Å². The number of nitrogens with two attached hydrogens (primary N) is 1. The molecule has 96 valence electrons. The van der Waals surface area contributed by atoms with Gasteiger partial charge in [0.2, 0.25) is 0 Å². The third kappa shape index (κ3) is 4.36. The smallest absolute Gasteiger partial charge is 0.0474 e. The number of rotatable bonds is 6.